The number of benzene rings is 2. The Morgan fingerprint density at radius 1 is 1.29 bits per heavy atom. The van der Waals surface area contributed by atoms with Gasteiger partial charge in [-0.1, -0.05) is 37.9 Å². The van der Waals surface area contributed by atoms with Gasteiger partial charge in [0.1, 0.15) is 11.6 Å². The molecule has 6 heteroatoms. The molecule has 1 atom stereocenters. The Morgan fingerprint density at radius 2 is 1.97 bits per heavy atom. The predicted octanol–water partition coefficient (Wildman–Crippen LogP) is 4.67. The standard InChI is InChI=1S/C25H34FN3O2/c1-19(2)18-31-24-10-6-20(7-11-24)16-27-25(30)29(23-12-14-28(3)15-13-23)17-21-4-8-22(26)9-5-21/h4-11,19,23H,12-18H2,1-3H3,(H,27,30)/i1D2,2D3,4D,5D,6D,7D,8D,9D,10D,11D,16D2,17D2,18D2,19D. The third-order valence-electron chi connectivity index (χ3n) is 4.26. The molecule has 31 heavy (non-hydrogen) atoms. The van der Waals surface area contributed by atoms with E-state index in [2.05, 4.69) is 0 Å². The summed E-state index contributed by atoms with van der Waals surface area (Å²) in [5.74, 6) is -6.54. The highest BCUT2D eigenvalue weighted by atomic mass is 19.1. The van der Waals surface area contributed by atoms with Crippen molar-refractivity contribution in [1.29, 1.82) is 0 Å². The summed E-state index contributed by atoms with van der Waals surface area (Å²) in [4.78, 5) is 16.2. The predicted molar refractivity (Wildman–Crippen MR) is 121 cm³/mol. The molecule has 1 N–H and O–H groups in total. The SMILES string of the molecule is [2H]c1c([2H])c(C([2H])([2H])N(C(=O)NC([2H])([2H])c2c([2H])c([2H])c(OC([2H])([2H])C([2H])(C([2H])[2H])C([2H])([2H])[2H])c([2H])c2[2H])C2CCN(C)CC2)c([2H])c([2H])c1F. The molecule has 1 aliphatic rings. The second kappa shape index (κ2) is 11.1. The lowest BCUT2D eigenvalue weighted by Gasteiger charge is -2.37. The van der Waals surface area contributed by atoms with Crippen LogP contribution in [-0.2, 0) is 13.0 Å². The van der Waals surface area contributed by atoms with Crippen molar-refractivity contribution in [3.8, 4) is 5.75 Å². The highest BCUT2D eigenvalue weighted by Gasteiger charge is 2.27. The van der Waals surface area contributed by atoms with E-state index in [1.54, 1.807) is 12.4 Å². The Morgan fingerprint density at radius 3 is 2.61 bits per heavy atom. The lowest BCUT2D eigenvalue weighted by atomic mass is 10.0. The van der Waals surface area contributed by atoms with Crippen LogP contribution in [0, 0.1) is 11.7 Å². The van der Waals surface area contributed by atoms with Crippen molar-refractivity contribution in [2.75, 3.05) is 26.7 Å². The number of nitrogens with zero attached hydrogens (tertiary/aromatic N) is 2. The van der Waals surface area contributed by atoms with Crippen LogP contribution in [0.3, 0.4) is 0 Å². The maximum Gasteiger partial charge on any atom is 0.318 e. The Kier molecular flexibility index (Phi) is 3.02. The zero-order valence-corrected chi connectivity index (χ0v) is 16.6. The van der Waals surface area contributed by atoms with Crippen molar-refractivity contribution in [3.63, 3.8) is 0 Å². The van der Waals surface area contributed by atoms with Gasteiger partial charge in [-0.25, -0.2) is 9.18 Å². The summed E-state index contributed by atoms with van der Waals surface area (Å²) in [5.41, 5.74) is -2.24. The monoisotopic (exact) mass is 447 g/mol. The molecule has 168 valence electrons. The molecule has 0 aliphatic carbocycles. The molecule has 0 bridgehead atoms. The van der Waals surface area contributed by atoms with Crippen LogP contribution in [0.1, 0.15) is 65.1 Å². The first kappa shape index (κ1) is 8.39. The van der Waals surface area contributed by atoms with Gasteiger partial charge in [-0.3, -0.25) is 0 Å². The molecule has 0 radical (unpaired) electrons. The molecule has 1 unspecified atom stereocenters. The van der Waals surface area contributed by atoms with E-state index < -0.39 is 122 Å². The molecular formula is C25H34FN3O2. The molecule has 2 aromatic rings. The maximum absolute atomic E-state index is 14.4. The number of likely N-dealkylation sites (tertiary alicyclic amines) is 1. The minimum atomic E-state index is -3.82. The highest BCUT2D eigenvalue weighted by molar-refractivity contribution is 5.74. The van der Waals surface area contributed by atoms with Gasteiger partial charge in [0.05, 0.1) is 25.7 Å². The number of ether oxygens (including phenoxy) is 1. The van der Waals surface area contributed by atoms with Crippen molar-refractivity contribution in [1.82, 2.24) is 15.1 Å². The molecule has 0 aromatic heterocycles. The molecule has 0 spiro atoms. The molecule has 5 nitrogen and oxygen atoms in total. The van der Waals surface area contributed by atoms with E-state index in [1.807, 2.05) is 4.90 Å². The van der Waals surface area contributed by atoms with Gasteiger partial charge in [0.25, 0.3) is 0 Å². The third kappa shape index (κ3) is 7.24. The summed E-state index contributed by atoms with van der Waals surface area (Å²) >= 11 is 0. The zero-order chi connectivity index (χ0) is 39.6. The number of rotatable bonds is 8. The lowest BCUT2D eigenvalue weighted by molar-refractivity contribution is 0.127. The number of halogens is 1. The summed E-state index contributed by atoms with van der Waals surface area (Å²) in [6, 6.07) is -12.7. The molecule has 0 saturated carbocycles. The van der Waals surface area contributed by atoms with Crippen molar-refractivity contribution in [2.24, 2.45) is 5.89 Å². The number of nitrogens with one attached hydrogen (secondary N) is 1. The minimum absolute atomic E-state index is 0.0517. The summed E-state index contributed by atoms with van der Waals surface area (Å²) in [6.07, 6.45) is 0.103. The first-order valence-electron chi connectivity index (χ1n) is 19.3. The van der Waals surface area contributed by atoms with Gasteiger partial charge >= 0.3 is 6.03 Å². The average Bonchev–Trinajstić information content (AvgIpc) is 2.99. The molecule has 2 amide bonds. The number of amides is 2. The van der Waals surface area contributed by atoms with Crippen LogP contribution in [0.25, 0.3) is 0 Å². The maximum atomic E-state index is 14.4. The highest BCUT2D eigenvalue weighted by Crippen LogP contribution is 2.19. The fourth-order valence-corrected chi connectivity index (χ4v) is 2.73. The van der Waals surface area contributed by atoms with Crippen LogP contribution < -0.4 is 10.1 Å². The van der Waals surface area contributed by atoms with E-state index in [-0.39, 0.29) is 25.9 Å². The smallest absolute Gasteiger partial charge is 0.318 e. The van der Waals surface area contributed by atoms with Crippen LogP contribution >= 0.6 is 0 Å². The van der Waals surface area contributed by atoms with Crippen molar-refractivity contribution in [2.45, 2.75) is 45.6 Å². The van der Waals surface area contributed by atoms with Crippen LogP contribution in [-0.4, -0.2) is 48.6 Å². The van der Waals surface area contributed by atoms with E-state index in [0.29, 0.717) is 4.90 Å². The van der Waals surface area contributed by atoms with Gasteiger partial charge in [0, 0.05) is 27.3 Å². The second-order valence-electron chi connectivity index (χ2n) is 6.58. The topological polar surface area (TPSA) is 44.8 Å². The number of urea groups is 1. The van der Waals surface area contributed by atoms with Gasteiger partial charge in [0.2, 0.25) is 0 Å². The van der Waals surface area contributed by atoms with Crippen molar-refractivity contribution >= 4 is 6.03 Å². The summed E-state index contributed by atoms with van der Waals surface area (Å²) in [5, 5.41) is 1.80. The molecule has 1 aliphatic heterocycles. The molecule has 1 fully saturated rings. The quantitative estimate of drug-likeness (QED) is 0.640. The minimum Gasteiger partial charge on any atom is -0.493 e. The van der Waals surface area contributed by atoms with Gasteiger partial charge < -0.3 is 19.9 Å². The fourth-order valence-electron chi connectivity index (χ4n) is 2.73. The normalized spacial score (nSPS) is 28.2. The Balaban J connectivity index is 2.16. The van der Waals surface area contributed by atoms with E-state index in [4.69, 9.17) is 32.2 Å². The van der Waals surface area contributed by atoms with Crippen molar-refractivity contribution < 1.29 is 41.3 Å². The summed E-state index contributed by atoms with van der Waals surface area (Å²) in [7, 11) is 1.73. The van der Waals surface area contributed by atoms with Crippen LogP contribution in [0.15, 0.2) is 48.3 Å². The number of carbonyl (C=O) groups is 1. The average molecular weight is 448 g/mol. The molecule has 3 rings (SSSR count). The van der Waals surface area contributed by atoms with E-state index in [1.165, 1.54) is 0 Å². The third-order valence-corrected chi connectivity index (χ3v) is 4.26. The largest absolute Gasteiger partial charge is 0.493 e. The number of hydrogen-bond donors (Lipinski definition) is 1. The molecule has 1 heterocycles. The Bertz CT molecular complexity index is 1620. The molecule has 2 aromatic carbocycles. The second-order valence-corrected chi connectivity index (χ2v) is 6.58. The molecule has 1 saturated heterocycles. The van der Waals surface area contributed by atoms with E-state index in [9.17, 15) is 9.18 Å². The van der Waals surface area contributed by atoms with Gasteiger partial charge in [-0.15, -0.1) is 0 Å². The van der Waals surface area contributed by atoms with Crippen LogP contribution in [0.2, 0.25) is 0 Å². The number of piperidine rings is 1. The fraction of sp³-hybridized carbons (Fsp3) is 0.480. The summed E-state index contributed by atoms with van der Waals surface area (Å²) in [6.45, 7) is -16.3. The number of hydrogen-bond acceptors (Lipinski definition) is 3. The first-order valence-corrected chi connectivity index (χ1v) is 9.19. The number of carbonyl (C=O) groups excluding carboxylic acids is 1. The summed E-state index contributed by atoms with van der Waals surface area (Å²) < 4.78 is 182. The Hall–Kier alpha value is -2.60. The first-order chi connectivity index (χ1) is 23.0. The van der Waals surface area contributed by atoms with Crippen molar-refractivity contribution in [3.05, 3.63) is 65.3 Å². The van der Waals surface area contributed by atoms with Crippen LogP contribution in [0.4, 0.5) is 9.18 Å². The van der Waals surface area contributed by atoms with Gasteiger partial charge in [0.15, 0.2) is 0 Å². The van der Waals surface area contributed by atoms with Gasteiger partial charge in [-0.2, -0.15) is 0 Å². The van der Waals surface area contributed by atoms with E-state index in [0.717, 1.165) is 0 Å². The van der Waals surface area contributed by atoms with Crippen LogP contribution in [0.5, 0.6) is 5.75 Å². The van der Waals surface area contributed by atoms with E-state index >= 15 is 0 Å². The molecular weight excluding hydrogens is 393 g/mol. The Labute approximate surface area is 213 Å². The van der Waals surface area contributed by atoms with Gasteiger partial charge in [-0.05, 0) is 74.2 Å². The lowest BCUT2D eigenvalue weighted by Crippen LogP contribution is -2.49. The zero-order valence-electron chi connectivity index (χ0n) is 36.6.